The molecule has 0 spiro atoms. The van der Waals surface area contributed by atoms with Crippen LogP contribution in [-0.2, 0) is 14.3 Å². The summed E-state index contributed by atoms with van der Waals surface area (Å²) in [5.41, 5.74) is -0.395. The van der Waals surface area contributed by atoms with Crippen molar-refractivity contribution in [1.29, 1.82) is 0 Å². The number of aromatic hydroxyl groups is 4. The van der Waals surface area contributed by atoms with Gasteiger partial charge in [-0.3, -0.25) is 4.79 Å². The highest BCUT2D eigenvalue weighted by Gasteiger charge is 2.48. The van der Waals surface area contributed by atoms with E-state index < -0.39 is 66.0 Å². The minimum atomic E-state index is -1.90. The number of carbonyl (C=O) groups is 1. The van der Waals surface area contributed by atoms with Gasteiger partial charge in [0.2, 0.25) is 17.5 Å². The fourth-order valence-electron chi connectivity index (χ4n) is 4.51. The summed E-state index contributed by atoms with van der Waals surface area (Å²) >= 11 is 0. The first-order valence-corrected chi connectivity index (χ1v) is 12.8. The molecule has 2 heterocycles. The first-order valence-electron chi connectivity index (χ1n) is 12.8. The van der Waals surface area contributed by atoms with Crippen molar-refractivity contribution in [2.24, 2.45) is 0 Å². The van der Waals surface area contributed by atoms with Gasteiger partial charge in [-0.05, 0) is 48.0 Å². The molecule has 13 nitrogen and oxygen atoms in total. The van der Waals surface area contributed by atoms with Crippen molar-refractivity contribution in [1.82, 2.24) is 0 Å². The number of hydrogen-bond acceptors (Lipinski definition) is 13. The number of fused-ring (bicyclic) bond motifs is 1. The normalized spacial score (nSPS) is 22.1. The summed E-state index contributed by atoms with van der Waals surface area (Å²) in [6.45, 7) is -0.789. The minimum absolute atomic E-state index is 0.0247. The van der Waals surface area contributed by atoms with Gasteiger partial charge in [-0.1, -0.05) is 12.1 Å². The van der Waals surface area contributed by atoms with Crippen LogP contribution in [0.15, 0.2) is 76.0 Å². The highest BCUT2D eigenvalue weighted by Crippen LogP contribution is 2.37. The lowest BCUT2D eigenvalue weighted by Gasteiger charge is -2.41. The van der Waals surface area contributed by atoms with Gasteiger partial charge in [0.25, 0.3) is 0 Å². The third-order valence-electron chi connectivity index (χ3n) is 6.66. The van der Waals surface area contributed by atoms with E-state index in [0.29, 0.717) is 5.56 Å². The van der Waals surface area contributed by atoms with E-state index in [-0.39, 0.29) is 33.8 Å². The molecule has 1 aliphatic rings. The number of phenolic OH excluding ortho intramolecular Hbond substituents is 4. The quantitative estimate of drug-likeness (QED) is 0.120. The van der Waals surface area contributed by atoms with E-state index in [1.807, 2.05) is 0 Å². The predicted octanol–water partition coefficient (Wildman–Crippen LogP) is 1.73. The van der Waals surface area contributed by atoms with Crippen molar-refractivity contribution in [3.05, 3.63) is 82.5 Å². The standard InChI is InChI=1S/C30H26O13/c31-13-21-24(37)28(42-22(36)10-3-14-1-6-16(32)7-2-14)26(39)30(41-21)43-29-25(38)23-19(35)11-18(34)12-20(23)40-27(29)15-4-8-17(33)9-5-15/h1-12,21,24,26,28,30-35,37,39H,13H2/b10-3+/t21-,24-,26-,28+,30+/m0/s1. The number of rotatable bonds is 7. The summed E-state index contributed by atoms with van der Waals surface area (Å²) in [7, 11) is 0. The van der Waals surface area contributed by atoms with Crippen molar-refractivity contribution in [2.75, 3.05) is 6.61 Å². The van der Waals surface area contributed by atoms with Gasteiger partial charge in [0, 0.05) is 23.8 Å². The van der Waals surface area contributed by atoms with Gasteiger partial charge < -0.3 is 54.4 Å². The summed E-state index contributed by atoms with van der Waals surface area (Å²) in [4.78, 5) is 26.2. The van der Waals surface area contributed by atoms with E-state index in [1.165, 1.54) is 54.6 Å². The zero-order valence-electron chi connectivity index (χ0n) is 22.1. The maximum absolute atomic E-state index is 13.6. The molecule has 1 aliphatic heterocycles. The second kappa shape index (κ2) is 12.0. The lowest BCUT2D eigenvalue weighted by atomic mass is 9.99. The van der Waals surface area contributed by atoms with Gasteiger partial charge in [0.1, 0.15) is 46.2 Å². The van der Waals surface area contributed by atoms with Gasteiger partial charge >= 0.3 is 5.97 Å². The fraction of sp³-hybridized carbons (Fsp3) is 0.200. The van der Waals surface area contributed by atoms with Gasteiger partial charge in [0.05, 0.1) is 6.61 Å². The molecule has 0 radical (unpaired) electrons. The van der Waals surface area contributed by atoms with Gasteiger partial charge in [-0.15, -0.1) is 0 Å². The molecule has 43 heavy (non-hydrogen) atoms. The Balaban J connectivity index is 1.49. The molecule has 0 bridgehead atoms. The molecule has 13 heteroatoms. The van der Waals surface area contributed by atoms with E-state index in [0.717, 1.165) is 18.2 Å². The molecular weight excluding hydrogens is 568 g/mol. The number of hydrogen-bond donors (Lipinski definition) is 7. The Hall–Kier alpha value is -5.08. The van der Waals surface area contributed by atoms with Crippen LogP contribution in [0.4, 0.5) is 0 Å². The Morgan fingerprint density at radius 2 is 1.53 bits per heavy atom. The predicted molar refractivity (Wildman–Crippen MR) is 148 cm³/mol. The Morgan fingerprint density at radius 3 is 2.19 bits per heavy atom. The largest absolute Gasteiger partial charge is 0.508 e. The third-order valence-corrected chi connectivity index (χ3v) is 6.66. The molecular formula is C30H26O13. The van der Waals surface area contributed by atoms with E-state index in [9.17, 15) is 45.3 Å². The lowest BCUT2D eigenvalue weighted by molar-refractivity contribution is -0.280. The summed E-state index contributed by atoms with van der Waals surface area (Å²) in [5, 5.41) is 70.6. The van der Waals surface area contributed by atoms with Crippen LogP contribution in [0.25, 0.3) is 28.4 Å². The molecule has 7 N–H and O–H groups in total. The molecule has 0 saturated carbocycles. The SMILES string of the molecule is O=C(/C=C/c1ccc(O)cc1)O[C@H]1[C@H](O)[C@@H](Oc2c(-c3ccc(O)cc3)oc3cc(O)cc(O)c3c2=O)O[C@@H](CO)[C@@H]1O. The highest BCUT2D eigenvalue weighted by molar-refractivity contribution is 5.88. The van der Waals surface area contributed by atoms with Crippen LogP contribution in [0.1, 0.15) is 5.56 Å². The molecule has 3 aromatic carbocycles. The molecule has 1 fully saturated rings. The Morgan fingerprint density at radius 1 is 0.884 bits per heavy atom. The van der Waals surface area contributed by atoms with Crippen LogP contribution in [0.3, 0.4) is 0 Å². The van der Waals surface area contributed by atoms with Crippen molar-refractivity contribution in [2.45, 2.75) is 30.7 Å². The number of esters is 1. The summed E-state index contributed by atoms with van der Waals surface area (Å²) in [6.07, 6.45) is -6.15. The van der Waals surface area contributed by atoms with Crippen LogP contribution >= 0.6 is 0 Å². The Labute approximate surface area is 242 Å². The maximum Gasteiger partial charge on any atom is 0.331 e. The minimum Gasteiger partial charge on any atom is -0.508 e. The Kier molecular flexibility index (Phi) is 8.23. The Bertz CT molecular complexity index is 1710. The molecule has 0 aliphatic carbocycles. The molecule has 1 aromatic heterocycles. The zero-order valence-corrected chi connectivity index (χ0v) is 22.1. The first-order chi connectivity index (χ1) is 20.5. The summed E-state index contributed by atoms with van der Waals surface area (Å²) in [5.74, 6) is -2.89. The number of ether oxygens (including phenoxy) is 3. The number of carbonyl (C=O) groups excluding carboxylic acids is 1. The van der Waals surface area contributed by atoms with Crippen LogP contribution in [0, 0.1) is 0 Å². The highest BCUT2D eigenvalue weighted by atomic mass is 16.7. The van der Waals surface area contributed by atoms with E-state index in [1.54, 1.807) is 0 Å². The topological polar surface area (TPSA) is 217 Å². The van der Waals surface area contributed by atoms with Gasteiger partial charge in [-0.2, -0.15) is 0 Å². The van der Waals surface area contributed by atoms with Crippen molar-refractivity contribution >= 4 is 23.0 Å². The van der Waals surface area contributed by atoms with Gasteiger partial charge in [-0.25, -0.2) is 4.79 Å². The summed E-state index contributed by atoms with van der Waals surface area (Å²) < 4.78 is 22.4. The van der Waals surface area contributed by atoms with Crippen LogP contribution in [0.2, 0.25) is 0 Å². The molecule has 4 aromatic rings. The molecule has 224 valence electrons. The second-order valence-corrected chi connectivity index (χ2v) is 9.63. The monoisotopic (exact) mass is 594 g/mol. The van der Waals surface area contributed by atoms with E-state index in [2.05, 4.69) is 0 Å². The smallest absolute Gasteiger partial charge is 0.331 e. The number of phenols is 4. The lowest BCUT2D eigenvalue weighted by Crippen LogP contribution is -2.61. The third kappa shape index (κ3) is 6.10. The van der Waals surface area contributed by atoms with Crippen LogP contribution < -0.4 is 10.2 Å². The van der Waals surface area contributed by atoms with E-state index >= 15 is 0 Å². The molecule has 5 rings (SSSR count). The average molecular weight is 595 g/mol. The molecule has 0 amide bonds. The van der Waals surface area contributed by atoms with Crippen LogP contribution in [0.5, 0.6) is 28.7 Å². The van der Waals surface area contributed by atoms with Crippen molar-refractivity contribution in [3.63, 3.8) is 0 Å². The zero-order chi connectivity index (χ0) is 30.8. The average Bonchev–Trinajstić information content (AvgIpc) is 2.97. The van der Waals surface area contributed by atoms with Crippen LogP contribution in [-0.4, -0.2) is 79.0 Å². The molecule has 1 saturated heterocycles. The fourth-order valence-corrected chi connectivity index (χ4v) is 4.51. The van der Waals surface area contributed by atoms with Crippen molar-refractivity contribution in [3.8, 4) is 40.1 Å². The second-order valence-electron chi connectivity index (χ2n) is 9.63. The van der Waals surface area contributed by atoms with E-state index in [4.69, 9.17) is 18.6 Å². The van der Waals surface area contributed by atoms with Gasteiger partial charge in [0.15, 0.2) is 18.0 Å². The number of benzene rings is 3. The first kappa shape index (κ1) is 29.4. The molecule has 5 atom stereocenters. The molecule has 0 unspecified atom stereocenters. The number of aliphatic hydroxyl groups is 3. The summed E-state index contributed by atoms with van der Waals surface area (Å²) in [6, 6.07) is 13.3. The van der Waals surface area contributed by atoms with Crippen molar-refractivity contribution < 1.29 is 59.2 Å². The number of aliphatic hydroxyl groups excluding tert-OH is 3. The maximum atomic E-state index is 13.6.